The Hall–Kier alpha value is -3.53. The number of anilines is 2. The van der Waals surface area contributed by atoms with Gasteiger partial charge < -0.3 is 15.4 Å². The number of hydrogen-bond acceptors (Lipinski definition) is 3. The fraction of sp³-hybridized carbons (Fsp3) is 0. The van der Waals surface area contributed by atoms with Crippen LogP contribution in [0, 0.1) is 0 Å². The zero-order chi connectivity index (χ0) is 16.8. The number of phenolic OH excluding ortho intramolecular Hbond substituents is 1. The first-order valence-electron chi connectivity index (χ1n) is 8.15. The quantitative estimate of drug-likeness (QED) is 0.412. The van der Waals surface area contributed by atoms with E-state index in [4.69, 9.17) is 4.98 Å². The van der Waals surface area contributed by atoms with E-state index in [9.17, 15) is 5.11 Å². The molecule has 0 aliphatic heterocycles. The van der Waals surface area contributed by atoms with E-state index < -0.39 is 0 Å². The van der Waals surface area contributed by atoms with Crippen LogP contribution in [-0.2, 0) is 0 Å². The molecule has 4 heteroatoms. The predicted molar refractivity (Wildman–Crippen MR) is 102 cm³/mol. The fourth-order valence-corrected chi connectivity index (χ4v) is 3.36. The van der Waals surface area contributed by atoms with Gasteiger partial charge in [-0.25, -0.2) is 4.98 Å². The topological polar surface area (TPSA) is 60.9 Å². The summed E-state index contributed by atoms with van der Waals surface area (Å²) in [6, 6.07) is 23.4. The predicted octanol–water partition coefficient (Wildman–Crippen LogP) is 5.32. The molecule has 0 saturated carbocycles. The van der Waals surface area contributed by atoms with Gasteiger partial charge in [0.15, 0.2) is 0 Å². The van der Waals surface area contributed by atoms with E-state index in [1.807, 2.05) is 42.5 Å². The highest BCUT2D eigenvalue weighted by Gasteiger charge is 2.14. The number of nitrogens with zero attached hydrogens (tertiary/aromatic N) is 1. The number of fused-ring (bicyclic) bond motifs is 5. The Balaban J connectivity index is 1.86. The van der Waals surface area contributed by atoms with Crippen LogP contribution in [0.15, 0.2) is 72.8 Å². The lowest BCUT2D eigenvalue weighted by Gasteiger charge is -2.10. The summed E-state index contributed by atoms with van der Waals surface area (Å²) in [5.74, 6) is 0.998. The van der Waals surface area contributed by atoms with Crippen molar-refractivity contribution in [3.63, 3.8) is 0 Å². The van der Waals surface area contributed by atoms with Gasteiger partial charge in [-0.3, -0.25) is 0 Å². The molecule has 0 atom stereocenters. The van der Waals surface area contributed by atoms with Crippen molar-refractivity contribution in [1.82, 2.24) is 9.97 Å². The van der Waals surface area contributed by atoms with Gasteiger partial charge in [0.05, 0.1) is 16.4 Å². The SMILES string of the molecule is Oc1cccc(Nc2nc3ccccc3c3[nH]c4ccccc4c23)c1. The molecule has 2 heterocycles. The summed E-state index contributed by atoms with van der Waals surface area (Å²) in [7, 11) is 0. The van der Waals surface area contributed by atoms with Crippen molar-refractivity contribution in [1.29, 1.82) is 0 Å². The zero-order valence-corrected chi connectivity index (χ0v) is 13.3. The van der Waals surface area contributed by atoms with Crippen molar-refractivity contribution < 1.29 is 5.11 Å². The van der Waals surface area contributed by atoms with Crippen LogP contribution < -0.4 is 5.32 Å². The number of pyridine rings is 1. The largest absolute Gasteiger partial charge is 0.508 e. The maximum Gasteiger partial charge on any atom is 0.141 e. The smallest absolute Gasteiger partial charge is 0.141 e. The van der Waals surface area contributed by atoms with Crippen molar-refractivity contribution in [2.45, 2.75) is 0 Å². The molecule has 0 aliphatic rings. The highest BCUT2D eigenvalue weighted by atomic mass is 16.3. The molecule has 0 saturated heterocycles. The number of nitrogens with one attached hydrogen (secondary N) is 2. The Kier molecular flexibility index (Phi) is 2.91. The van der Waals surface area contributed by atoms with Gasteiger partial charge in [-0.1, -0.05) is 42.5 Å². The monoisotopic (exact) mass is 325 g/mol. The fourth-order valence-electron chi connectivity index (χ4n) is 3.36. The normalized spacial score (nSPS) is 11.4. The van der Waals surface area contributed by atoms with E-state index in [0.717, 1.165) is 44.2 Å². The van der Waals surface area contributed by atoms with Gasteiger partial charge in [0.1, 0.15) is 11.6 Å². The number of hydrogen-bond donors (Lipinski definition) is 3. The van der Waals surface area contributed by atoms with Crippen LogP contribution in [0.2, 0.25) is 0 Å². The Morgan fingerprint density at radius 1 is 0.840 bits per heavy atom. The zero-order valence-electron chi connectivity index (χ0n) is 13.3. The lowest BCUT2D eigenvalue weighted by Crippen LogP contribution is -1.95. The van der Waals surface area contributed by atoms with Crippen LogP contribution in [0.1, 0.15) is 0 Å². The second kappa shape index (κ2) is 5.24. The van der Waals surface area contributed by atoms with Crippen LogP contribution in [-0.4, -0.2) is 15.1 Å². The molecule has 0 fully saturated rings. The van der Waals surface area contributed by atoms with E-state index in [-0.39, 0.29) is 5.75 Å². The lowest BCUT2D eigenvalue weighted by molar-refractivity contribution is 0.475. The Bertz CT molecular complexity index is 1240. The minimum atomic E-state index is 0.223. The van der Waals surface area contributed by atoms with Gasteiger partial charge in [-0.2, -0.15) is 0 Å². The molecule has 5 aromatic rings. The summed E-state index contributed by atoms with van der Waals surface area (Å²) >= 11 is 0. The molecule has 3 N–H and O–H groups in total. The molecular formula is C21H15N3O. The number of phenols is 1. The van der Waals surface area contributed by atoms with Crippen molar-refractivity contribution in [2.24, 2.45) is 0 Å². The number of aromatic amines is 1. The van der Waals surface area contributed by atoms with Crippen LogP contribution in [0.5, 0.6) is 5.75 Å². The highest BCUT2D eigenvalue weighted by molar-refractivity contribution is 6.20. The Morgan fingerprint density at radius 2 is 1.64 bits per heavy atom. The second-order valence-electron chi connectivity index (χ2n) is 6.07. The first kappa shape index (κ1) is 13.9. The molecule has 4 nitrogen and oxygen atoms in total. The molecule has 0 radical (unpaired) electrons. The Labute approximate surface area is 143 Å². The van der Waals surface area contributed by atoms with Crippen molar-refractivity contribution in [3.8, 4) is 5.75 Å². The van der Waals surface area contributed by atoms with Crippen LogP contribution in [0.4, 0.5) is 11.5 Å². The van der Waals surface area contributed by atoms with E-state index in [2.05, 4.69) is 28.5 Å². The summed E-state index contributed by atoms with van der Waals surface area (Å²) in [5, 5.41) is 16.4. The van der Waals surface area contributed by atoms with Crippen LogP contribution in [0.25, 0.3) is 32.7 Å². The first-order valence-corrected chi connectivity index (χ1v) is 8.15. The van der Waals surface area contributed by atoms with Gasteiger partial charge in [0.25, 0.3) is 0 Å². The summed E-state index contributed by atoms with van der Waals surface area (Å²) in [6.07, 6.45) is 0. The molecule has 5 rings (SSSR count). The lowest BCUT2D eigenvalue weighted by atomic mass is 10.1. The van der Waals surface area contributed by atoms with E-state index in [1.54, 1.807) is 12.1 Å². The molecule has 0 unspecified atom stereocenters. The molecule has 0 spiro atoms. The molecule has 120 valence electrons. The molecule has 0 amide bonds. The molecule has 0 bridgehead atoms. The summed E-state index contributed by atoms with van der Waals surface area (Å²) in [5.41, 5.74) is 3.86. The van der Waals surface area contributed by atoms with Crippen LogP contribution >= 0.6 is 0 Å². The van der Waals surface area contributed by atoms with Gasteiger partial charge in [-0.15, -0.1) is 0 Å². The maximum absolute atomic E-state index is 9.74. The number of aromatic hydroxyl groups is 1. The summed E-state index contributed by atoms with van der Waals surface area (Å²) in [6.45, 7) is 0. The average molecular weight is 325 g/mol. The van der Waals surface area contributed by atoms with Gasteiger partial charge in [-0.05, 0) is 24.3 Å². The summed E-state index contributed by atoms with van der Waals surface area (Å²) < 4.78 is 0. The second-order valence-corrected chi connectivity index (χ2v) is 6.07. The maximum atomic E-state index is 9.74. The molecule has 3 aromatic carbocycles. The molecular weight excluding hydrogens is 310 g/mol. The van der Waals surface area contributed by atoms with Gasteiger partial charge in [0.2, 0.25) is 0 Å². The number of benzene rings is 3. The number of aromatic nitrogens is 2. The molecule has 0 aliphatic carbocycles. The van der Waals surface area contributed by atoms with Crippen molar-refractivity contribution in [2.75, 3.05) is 5.32 Å². The number of para-hydroxylation sites is 2. The third kappa shape index (κ3) is 2.19. The molecule has 2 aromatic heterocycles. The van der Waals surface area contributed by atoms with Gasteiger partial charge >= 0.3 is 0 Å². The highest BCUT2D eigenvalue weighted by Crippen LogP contribution is 2.36. The van der Waals surface area contributed by atoms with Crippen LogP contribution in [0.3, 0.4) is 0 Å². The minimum absolute atomic E-state index is 0.223. The minimum Gasteiger partial charge on any atom is -0.508 e. The number of H-pyrrole nitrogens is 1. The third-order valence-electron chi connectivity index (χ3n) is 4.46. The van der Waals surface area contributed by atoms with Crippen molar-refractivity contribution >= 4 is 44.2 Å². The van der Waals surface area contributed by atoms with Gasteiger partial charge in [0, 0.05) is 28.0 Å². The Morgan fingerprint density at radius 3 is 2.52 bits per heavy atom. The standard InChI is InChI=1S/C21H15N3O/c25-14-7-5-6-13(12-14)22-21-19-15-8-1-3-10-17(15)23-20(19)16-9-2-4-11-18(16)24-21/h1-12,23,25H,(H,22,24). The summed E-state index contributed by atoms with van der Waals surface area (Å²) in [4.78, 5) is 8.37. The number of rotatable bonds is 2. The van der Waals surface area contributed by atoms with E-state index in [0.29, 0.717) is 0 Å². The van der Waals surface area contributed by atoms with E-state index >= 15 is 0 Å². The first-order chi connectivity index (χ1) is 12.3. The third-order valence-corrected chi connectivity index (χ3v) is 4.46. The average Bonchev–Trinajstić information content (AvgIpc) is 3.02. The molecule has 25 heavy (non-hydrogen) atoms. The van der Waals surface area contributed by atoms with Crippen molar-refractivity contribution in [3.05, 3.63) is 72.8 Å². The van der Waals surface area contributed by atoms with E-state index in [1.165, 1.54) is 0 Å².